The van der Waals surface area contributed by atoms with Crippen LogP contribution in [0.25, 0.3) is 0 Å². The molecule has 4 nitrogen and oxygen atoms in total. The molecule has 0 spiro atoms. The molecule has 0 bridgehead atoms. The van der Waals surface area contributed by atoms with E-state index < -0.39 is 0 Å². The van der Waals surface area contributed by atoms with Crippen molar-refractivity contribution < 1.29 is 9.53 Å². The van der Waals surface area contributed by atoms with E-state index in [1.165, 1.54) is 0 Å². The monoisotopic (exact) mass is 214 g/mol. The van der Waals surface area contributed by atoms with Gasteiger partial charge in [0.2, 0.25) is 5.91 Å². The first kappa shape index (κ1) is 12.5. The van der Waals surface area contributed by atoms with E-state index in [9.17, 15) is 4.79 Å². The molecule has 0 radical (unpaired) electrons. The second-order valence-electron chi connectivity index (χ2n) is 4.08. The van der Waals surface area contributed by atoms with Gasteiger partial charge >= 0.3 is 0 Å². The van der Waals surface area contributed by atoms with Crippen LogP contribution in [0.1, 0.15) is 33.6 Å². The summed E-state index contributed by atoms with van der Waals surface area (Å²) in [5.74, 6) is 0.200. The molecule has 1 fully saturated rings. The van der Waals surface area contributed by atoms with Crippen molar-refractivity contribution in [3.8, 4) is 0 Å². The molecule has 3 unspecified atom stereocenters. The zero-order chi connectivity index (χ0) is 11.4. The summed E-state index contributed by atoms with van der Waals surface area (Å²) in [6.45, 7) is 6.72. The highest BCUT2D eigenvalue weighted by Crippen LogP contribution is 2.18. The van der Waals surface area contributed by atoms with Crippen molar-refractivity contribution >= 4 is 5.91 Å². The quantitative estimate of drug-likeness (QED) is 0.741. The van der Waals surface area contributed by atoms with Crippen LogP contribution < -0.4 is 5.32 Å². The first-order chi connectivity index (χ1) is 7.15. The molecule has 1 heterocycles. The van der Waals surface area contributed by atoms with Gasteiger partial charge in [-0.3, -0.25) is 10.1 Å². The number of nitrogens with one attached hydrogen (secondary N) is 1. The van der Waals surface area contributed by atoms with E-state index in [1.54, 1.807) is 7.11 Å². The van der Waals surface area contributed by atoms with Gasteiger partial charge in [0.25, 0.3) is 0 Å². The SMILES string of the molecule is CCC(COC)N1C(=O)C(C)NC1CC. The lowest BCUT2D eigenvalue weighted by Gasteiger charge is -2.31. The Hall–Kier alpha value is -0.610. The minimum absolute atomic E-state index is 0.0548. The van der Waals surface area contributed by atoms with E-state index in [0.717, 1.165) is 12.8 Å². The molecule has 1 aliphatic heterocycles. The third kappa shape index (κ3) is 2.49. The van der Waals surface area contributed by atoms with Crippen LogP contribution in [0.5, 0.6) is 0 Å². The van der Waals surface area contributed by atoms with Crippen LogP contribution in [-0.2, 0) is 9.53 Å². The molecule has 4 heteroatoms. The third-order valence-corrected chi connectivity index (χ3v) is 3.01. The molecular weight excluding hydrogens is 192 g/mol. The molecule has 0 aromatic heterocycles. The number of carbonyl (C=O) groups excluding carboxylic acids is 1. The van der Waals surface area contributed by atoms with E-state index in [-0.39, 0.29) is 24.2 Å². The molecule has 1 saturated heterocycles. The van der Waals surface area contributed by atoms with Crippen LogP contribution in [0.3, 0.4) is 0 Å². The van der Waals surface area contributed by atoms with E-state index >= 15 is 0 Å². The van der Waals surface area contributed by atoms with Crippen LogP contribution in [-0.4, -0.2) is 42.8 Å². The Labute approximate surface area is 92.0 Å². The van der Waals surface area contributed by atoms with Gasteiger partial charge in [-0.2, -0.15) is 0 Å². The Bertz CT molecular complexity index is 221. The normalized spacial score (nSPS) is 28.5. The van der Waals surface area contributed by atoms with E-state index in [4.69, 9.17) is 4.74 Å². The number of methoxy groups -OCH3 is 1. The molecule has 88 valence electrons. The molecule has 1 aliphatic rings. The van der Waals surface area contributed by atoms with E-state index in [0.29, 0.717) is 6.61 Å². The van der Waals surface area contributed by atoms with Crippen LogP contribution in [0, 0.1) is 0 Å². The predicted molar refractivity (Wildman–Crippen MR) is 59.5 cm³/mol. The van der Waals surface area contributed by atoms with Crippen LogP contribution in [0.4, 0.5) is 0 Å². The second kappa shape index (κ2) is 5.47. The number of carbonyl (C=O) groups is 1. The minimum Gasteiger partial charge on any atom is -0.383 e. The van der Waals surface area contributed by atoms with Crippen LogP contribution in [0.15, 0.2) is 0 Å². The number of rotatable bonds is 5. The highest BCUT2D eigenvalue weighted by atomic mass is 16.5. The largest absolute Gasteiger partial charge is 0.383 e. The molecule has 0 aromatic carbocycles. The van der Waals surface area contributed by atoms with Gasteiger partial charge in [0.1, 0.15) is 0 Å². The minimum atomic E-state index is -0.0548. The number of ether oxygens (including phenoxy) is 1. The summed E-state index contributed by atoms with van der Waals surface area (Å²) in [7, 11) is 1.68. The number of nitrogens with zero attached hydrogens (tertiary/aromatic N) is 1. The van der Waals surface area contributed by atoms with Gasteiger partial charge in [-0.15, -0.1) is 0 Å². The fraction of sp³-hybridized carbons (Fsp3) is 0.909. The number of amides is 1. The second-order valence-corrected chi connectivity index (χ2v) is 4.08. The van der Waals surface area contributed by atoms with Gasteiger partial charge in [0, 0.05) is 7.11 Å². The molecule has 0 aliphatic carbocycles. The van der Waals surface area contributed by atoms with Crippen LogP contribution in [0.2, 0.25) is 0 Å². The Morgan fingerprint density at radius 1 is 1.53 bits per heavy atom. The van der Waals surface area contributed by atoms with Gasteiger partial charge < -0.3 is 9.64 Å². The lowest BCUT2D eigenvalue weighted by atomic mass is 10.1. The predicted octanol–water partition coefficient (Wildman–Crippen LogP) is 0.968. The first-order valence-corrected chi connectivity index (χ1v) is 5.72. The lowest BCUT2D eigenvalue weighted by Crippen LogP contribution is -2.46. The Morgan fingerprint density at radius 2 is 2.20 bits per heavy atom. The average Bonchev–Trinajstić information content (AvgIpc) is 2.52. The van der Waals surface area contributed by atoms with Crippen molar-refractivity contribution in [1.29, 1.82) is 0 Å². The summed E-state index contributed by atoms with van der Waals surface area (Å²) in [4.78, 5) is 13.9. The molecule has 1 N–H and O–H groups in total. The maximum Gasteiger partial charge on any atom is 0.241 e. The molecule has 15 heavy (non-hydrogen) atoms. The third-order valence-electron chi connectivity index (χ3n) is 3.01. The summed E-state index contributed by atoms with van der Waals surface area (Å²) in [6.07, 6.45) is 2.05. The number of hydrogen-bond acceptors (Lipinski definition) is 3. The van der Waals surface area contributed by atoms with Crippen molar-refractivity contribution in [2.45, 2.75) is 51.9 Å². The van der Waals surface area contributed by atoms with Gasteiger partial charge in [-0.25, -0.2) is 0 Å². The van der Waals surface area contributed by atoms with E-state index in [2.05, 4.69) is 19.2 Å². The fourth-order valence-corrected chi connectivity index (χ4v) is 2.15. The summed E-state index contributed by atoms with van der Waals surface area (Å²) >= 11 is 0. The maximum absolute atomic E-state index is 12.0. The van der Waals surface area contributed by atoms with Gasteiger partial charge in [0.05, 0.1) is 24.9 Å². The van der Waals surface area contributed by atoms with Crippen molar-refractivity contribution in [2.24, 2.45) is 0 Å². The zero-order valence-electron chi connectivity index (χ0n) is 10.1. The molecule has 3 atom stereocenters. The smallest absolute Gasteiger partial charge is 0.241 e. The first-order valence-electron chi connectivity index (χ1n) is 5.72. The van der Waals surface area contributed by atoms with Crippen molar-refractivity contribution in [1.82, 2.24) is 10.2 Å². The highest BCUT2D eigenvalue weighted by Gasteiger charge is 2.38. The fourth-order valence-electron chi connectivity index (χ4n) is 2.15. The zero-order valence-corrected chi connectivity index (χ0v) is 10.1. The van der Waals surface area contributed by atoms with Crippen molar-refractivity contribution in [3.63, 3.8) is 0 Å². The summed E-state index contributed by atoms with van der Waals surface area (Å²) in [5, 5.41) is 3.30. The lowest BCUT2D eigenvalue weighted by molar-refractivity contribution is -0.133. The maximum atomic E-state index is 12.0. The summed E-state index contributed by atoms with van der Waals surface area (Å²) in [6, 6.07) is 0.144. The Kier molecular flexibility index (Phi) is 4.54. The highest BCUT2D eigenvalue weighted by molar-refractivity contribution is 5.84. The Morgan fingerprint density at radius 3 is 2.67 bits per heavy atom. The standard InChI is InChI=1S/C11H22N2O2/c1-5-9(7-15-4)13-10(6-2)12-8(3)11(13)14/h8-10,12H,5-7H2,1-4H3. The molecule has 1 rings (SSSR count). The van der Waals surface area contributed by atoms with Gasteiger partial charge in [-0.1, -0.05) is 13.8 Å². The number of hydrogen-bond donors (Lipinski definition) is 1. The average molecular weight is 214 g/mol. The summed E-state index contributed by atoms with van der Waals surface area (Å²) in [5.41, 5.74) is 0. The Balaban J connectivity index is 2.74. The van der Waals surface area contributed by atoms with Crippen LogP contribution >= 0.6 is 0 Å². The van der Waals surface area contributed by atoms with Gasteiger partial charge in [0.15, 0.2) is 0 Å². The molecule has 1 amide bonds. The summed E-state index contributed by atoms with van der Waals surface area (Å²) < 4.78 is 5.16. The van der Waals surface area contributed by atoms with E-state index in [1.807, 2.05) is 11.8 Å². The van der Waals surface area contributed by atoms with Gasteiger partial charge in [-0.05, 0) is 19.8 Å². The molecule has 0 saturated carbocycles. The van der Waals surface area contributed by atoms with Crippen molar-refractivity contribution in [2.75, 3.05) is 13.7 Å². The topological polar surface area (TPSA) is 41.6 Å². The molecular formula is C11H22N2O2. The van der Waals surface area contributed by atoms with Crippen molar-refractivity contribution in [3.05, 3.63) is 0 Å². The molecule has 0 aromatic rings.